The number of benzene rings is 1. The van der Waals surface area contributed by atoms with Crippen molar-refractivity contribution in [1.82, 2.24) is 9.97 Å². The molecular formula is C16H21N3. The Kier molecular flexibility index (Phi) is 3.96. The maximum Gasteiger partial charge on any atom is 0.129 e. The summed E-state index contributed by atoms with van der Waals surface area (Å²) in [4.78, 5) is 9.14. The first-order valence-corrected chi connectivity index (χ1v) is 6.63. The topological polar surface area (TPSA) is 51.8 Å². The number of aryl methyl sites for hydroxylation is 2. The van der Waals surface area contributed by atoms with E-state index < -0.39 is 0 Å². The maximum atomic E-state index is 6.01. The van der Waals surface area contributed by atoms with Crippen LogP contribution >= 0.6 is 0 Å². The smallest absolute Gasteiger partial charge is 0.129 e. The van der Waals surface area contributed by atoms with Gasteiger partial charge < -0.3 is 5.73 Å². The summed E-state index contributed by atoms with van der Waals surface area (Å²) in [5.41, 5.74) is 8.94. The van der Waals surface area contributed by atoms with Gasteiger partial charge in [0.1, 0.15) is 5.82 Å². The molecule has 3 heteroatoms. The lowest BCUT2D eigenvalue weighted by molar-refractivity contribution is 0.470. The average Bonchev–Trinajstić information content (AvgIpc) is 2.36. The highest BCUT2D eigenvalue weighted by atomic mass is 14.9. The van der Waals surface area contributed by atoms with Crippen molar-refractivity contribution in [3.8, 4) is 11.3 Å². The summed E-state index contributed by atoms with van der Waals surface area (Å²) >= 11 is 0. The van der Waals surface area contributed by atoms with Crippen molar-refractivity contribution in [2.24, 2.45) is 5.73 Å². The van der Waals surface area contributed by atoms with Crippen LogP contribution in [0, 0.1) is 6.92 Å². The molecule has 0 atom stereocenters. The van der Waals surface area contributed by atoms with Crippen LogP contribution in [0.5, 0.6) is 0 Å². The number of hydrogen-bond donors (Lipinski definition) is 1. The Morgan fingerprint density at radius 2 is 1.79 bits per heavy atom. The van der Waals surface area contributed by atoms with Gasteiger partial charge in [0.25, 0.3) is 0 Å². The van der Waals surface area contributed by atoms with Gasteiger partial charge in [0.2, 0.25) is 0 Å². The van der Waals surface area contributed by atoms with Gasteiger partial charge >= 0.3 is 0 Å². The van der Waals surface area contributed by atoms with E-state index in [1.165, 1.54) is 0 Å². The van der Waals surface area contributed by atoms with Gasteiger partial charge in [-0.1, -0.05) is 30.3 Å². The summed E-state index contributed by atoms with van der Waals surface area (Å²) in [5, 5.41) is 0. The molecule has 0 amide bonds. The maximum absolute atomic E-state index is 6.01. The molecule has 3 nitrogen and oxygen atoms in total. The fraction of sp³-hybridized carbons (Fsp3) is 0.375. The van der Waals surface area contributed by atoms with Crippen molar-refractivity contribution in [3.05, 3.63) is 47.9 Å². The molecule has 2 aromatic rings. The molecule has 0 radical (unpaired) electrons. The summed E-state index contributed by atoms with van der Waals surface area (Å²) in [6.45, 7) is 6.06. The molecule has 0 aliphatic heterocycles. The number of nitrogens with two attached hydrogens (primary N) is 1. The van der Waals surface area contributed by atoms with Crippen molar-refractivity contribution >= 4 is 0 Å². The number of rotatable bonds is 4. The van der Waals surface area contributed by atoms with Crippen molar-refractivity contribution in [3.63, 3.8) is 0 Å². The molecule has 2 N–H and O–H groups in total. The summed E-state index contributed by atoms with van der Waals surface area (Å²) in [5.74, 6) is 0.873. The van der Waals surface area contributed by atoms with Gasteiger partial charge in [0, 0.05) is 23.2 Å². The molecule has 19 heavy (non-hydrogen) atoms. The molecule has 1 heterocycles. The molecule has 0 fully saturated rings. The SMILES string of the molecule is Cc1cc(-c2ccccc2)nc(CCC(C)(C)N)n1. The lowest BCUT2D eigenvalue weighted by atomic mass is 10.00. The van der Waals surface area contributed by atoms with Crippen LogP contribution in [0.25, 0.3) is 11.3 Å². The molecule has 1 aromatic heterocycles. The van der Waals surface area contributed by atoms with Crippen LogP contribution in [0.4, 0.5) is 0 Å². The van der Waals surface area contributed by atoms with E-state index in [1.54, 1.807) is 0 Å². The first-order chi connectivity index (χ1) is 8.94. The van der Waals surface area contributed by atoms with Crippen LogP contribution in [-0.2, 0) is 6.42 Å². The second kappa shape index (κ2) is 5.49. The standard InChI is InChI=1S/C16H21N3/c1-12-11-14(13-7-5-4-6-8-13)19-15(18-12)9-10-16(2,3)17/h4-8,11H,9-10,17H2,1-3H3. The second-order valence-electron chi connectivity index (χ2n) is 5.67. The highest BCUT2D eigenvalue weighted by Crippen LogP contribution is 2.18. The summed E-state index contributed by atoms with van der Waals surface area (Å²) in [6.07, 6.45) is 1.69. The Bertz CT molecular complexity index is 542. The van der Waals surface area contributed by atoms with Crippen molar-refractivity contribution in [1.29, 1.82) is 0 Å². The van der Waals surface area contributed by atoms with Crippen LogP contribution < -0.4 is 5.73 Å². The van der Waals surface area contributed by atoms with E-state index in [9.17, 15) is 0 Å². The summed E-state index contributed by atoms with van der Waals surface area (Å²) < 4.78 is 0. The Morgan fingerprint density at radius 3 is 2.42 bits per heavy atom. The molecule has 0 bridgehead atoms. The Morgan fingerprint density at radius 1 is 1.11 bits per heavy atom. The minimum absolute atomic E-state index is 0.181. The van der Waals surface area contributed by atoms with Crippen LogP contribution in [0.1, 0.15) is 31.8 Å². The zero-order valence-electron chi connectivity index (χ0n) is 11.9. The van der Waals surface area contributed by atoms with Gasteiger partial charge in [-0.05, 0) is 33.3 Å². The lowest BCUT2D eigenvalue weighted by Gasteiger charge is -2.17. The molecule has 1 aromatic carbocycles. The molecule has 2 rings (SSSR count). The minimum Gasteiger partial charge on any atom is -0.326 e. The molecule has 0 spiro atoms. The van der Waals surface area contributed by atoms with E-state index in [4.69, 9.17) is 5.73 Å². The van der Waals surface area contributed by atoms with Crippen molar-refractivity contribution in [2.75, 3.05) is 0 Å². The van der Waals surface area contributed by atoms with E-state index >= 15 is 0 Å². The highest BCUT2D eigenvalue weighted by molar-refractivity contribution is 5.58. The fourth-order valence-electron chi connectivity index (χ4n) is 1.93. The van der Waals surface area contributed by atoms with Crippen LogP contribution in [-0.4, -0.2) is 15.5 Å². The monoisotopic (exact) mass is 255 g/mol. The average molecular weight is 255 g/mol. The Hall–Kier alpha value is -1.74. The van der Waals surface area contributed by atoms with Gasteiger partial charge in [-0.15, -0.1) is 0 Å². The van der Waals surface area contributed by atoms with Crippen molar-refractivity contribution < 1.29 is 0 Å². The predicted molar refractivity (Wildman–Crippen MR) is 78.8 cm³/mol. The molecule has 0 aliphatic rings. The van der Waals surface area contributed by atoms with Gasteiger partial charge in [0.05, 0.1) is 5.69 Å². The number of nitrogens with zero attached hydrogens (tertiary/aromatic N) is 2. The lowest BCUT2D eigenvalue weighted by Crippen LogP contribution is -2.32. The Balaban J connectivity index is 2.25. The molecule has 0 aliphatic carbocycles. The summed E-state index contributed by atoms with van der Waals surface area (Å²) in [7, 11) is 0. The van der Waals surface area contributed by atoms with Gasteiger partial charge in [-0.25, -0.2) is 9.97 Å². The van der Waals surface area contributed by atoms with Crippen LogP contribution in [0.3, 0.4) is 0 Å². The number of hydrogen-bond acceptors (Lipinski definition) is 3. The first kappa shape index (κ1) is 13.7. The first-order valence-electron chi connectivity index (χ1n) is 6.63. The normalized spacial score (nSPS) is 11.6. The molecular weight excluding hydrogens is 234 g/mol. The van der Waals surface area contributed by atoms with Gasteiger partial charge in [-0.3, -0.25) is 0 Å². The zero-order chi connectivity index (χ0) is 13.9. The summed E-state index contributed by atoms with van der Waals surface area (Å²) in [6, 6.07) is 12.2. The molecule has 0 saturated carbocycles. The predicted octanol–water partition coefficient (Wildman–Crippen LogP) is 3.12. The zero-order valence-corrected chi connectivity index (χ0v) is 11.9. The molecule has 0 unspecified atom stereocenters. The van der Waals surface area contributed by atoms with E-state index in [2.05, 4.69) is 22.1 Å². The molecule has 100 valence electrons. The largest absolute Gasteiger partial charge is 0.326 e. The third kappa shape index (κ3) is 4.14. The van der Waals surface area contributed by atoms with Crippen molar-refractivity contribution in [2.45, 2.75) is 39.2 Å². The Labute approximate surface area is 114 Å². The second-order valence-corrected chi connectivity index (χ2v) is 5.67. The quantitative estimate of drug-likeness (QED) is 0.913. The van der Waals surface area contributed by atoms with E-state index in [-0.39, 0.29) is 5.54 Å². The molecule has 0 saturated heterocycles. The fourth-order valence-corrected chi connectivity index (χ4v) is 1.93. The van der Waals surface area contributed by atoms with E-state index in [0.29, 0.717) is 0 Å². The van der Waals surface area contributed by atoms with Crippen LogP contribution in [0.2, 0.25) is 0 Å². The highest BCUT2D eigenvalue weighted by Gasteiger charge is 2.12. The minimum atomic E-state index is -0.181. The van der Waals surface area contributed by atoms with E-state index in [1.807, 2.05) is 45.0 Å². The van der Waals surface area contributed by atoms with Crippen LogP contribution in [0.15, 0.2) is 36.4 Å². The van der Waals surface area contributed by atoms with Gasteiger partial charge in [0.15, 0.2) is 0 Å². The van der Waals surface area contributed by atoms with Gasteiger partial charge in [-0.2, -0.15) is 0 Å². The third-order valence-electron chi connectivity index (χ3n) is 2.96. The third-order valence-corrected chi connectivity index (χ3v) is 2.96. The van der Waals surface area contributed by atoms with E-state index in [0.717, 1.165) is 35.6 Å². The number of aromatic nitrogens is 2.